The molecule has 1 aromatic carbocycles. The van der Waals surface area contributed by atoms with Gasteiger partial charge in [0, 0.05) is 28.7 Å². The Morgan fingerprint density at radius 3 is 2.79 bits per heavy atom. The van der Waals surface area contributed by atoms with Crippen molar-refractivity contribution in [3.8, 4) is 0 Å². The summed E-state index contributed by atoms with van der Waals surface area (Å²) in [6, 6.07) is 8.87. The first-order valence-corrected chi connectivity index (χ1v) is 9.32. The van der Waals surface area contributed by atoms with E-state index < -0.39 is 18.8 Å². The number of H-pyrrole nitrogens is 1. The number of amides is 1. The molecule has 0 spiro atoms. The minimum atomic E-state index is -4.37. The van der Waals surface area contributed by atoms with Crippen LogP contribution in [0.2, 0.25) is 0 Å². The third-order valence-electron chi connectivity index (χ3n) is 5.25. The van der Waals surface area contributed by atoms with Crippen molar-refractivity contribution in [2.24, 2.45) is 0 Å². The number of nitrogens with zero attached hydrogens (tertiary/aromatic N) is 3. The lowest BCUT2D eigenvalue weighted by Gasteiger charge is -2.35. The average Bonchev–Trinajstić information content (AvgIpc) is 3.21. The average molecular weight is 406 g/mol. The fourth-order valence-corrected chi connectivity index (χ4v) is 3.95. The standard InChI is InChI=1S/C20H21F3N4O2/c1-12-18(13(2)27(25-12)11-20(21,22)23)17-10-29-8-7-26(17)19(28)16-9-14-5-3-4-6-15(14)24-16/h3-6,9,17,24H,7-8,10-11H2,1-2H3/t17-/m1/s1. The minimum Gasteiger partial charge on any atom is -0.377 e. The van der Waals surface area contributed by atoms with Crippen LogP contribution >= 0.6 is 0 Å². The van der Waals surface area contributed by atoms with Crippen LogP contribution in [0.4, 0.5) is 13.2 Å². The normalized spacial score (nSPS) is 17.8. The van der Waals surface area contributed by atoms with Gasteiger partial charge in [0.05, 0.1) is 24.9 Å². The van der Waals surface area contributed by atoms with E-state index >= 15 is 0 Å². The maximum absolute atomic E-state index is 13.2. The molecule has 1 saturated heterocycles. The number of hydrogen-bond donors (Lipinski definition) is 1. The van der Waals surface area contributed by atoms with Crippen LogP contribution in [-0.4, -0.2) is 51.5 Å². The Balaban J connectivity index is 1.68. The summed E-state index contributed by atoms with van der Waals surface area (Å²) in [5.41, 5.74) is 2.77. The van der Waals surface area contributed by atoms with E-state index in [1.165, 1.54) is 0 Å². The summed E-state index contributed by atoms with van der Waals surface area (Å²) in [7, 11) is 0. The molecule has 1 atom stereocenters. The van der Waals surface area contributed by atoms with E-state index in [4.69, 9.17) is 4.74 Å². The number of aromatic amines is 1. The molecule has 0 unspecified atom stereocenters. The Kier molecular flexibility index (Phi) is 4.85. The maximum atomic E-state index is 13.2. The summed E-state index contributed by atoms with van der Waals surface area (Å²) in [5, 5.41) is 4.99. The number of aromatic nitrogens is 3. The maximum Gasteiger partial charge on any atom is 0.408 e. The molecule has 0 bridgehead atoms. The van der Waals surface area contributed by atoms with Crippen molar-refractivity contribution in [2.75, 3.05) is 19.8 Å². The van der Waals surface area contributed by atoms with Crippen molar-refractivity contribution in [3.63, 3.8) is 0 Å². The first-order chi connectivity index (χ1) is 13.7. The topological polar surface area (TPSA) is 63.1 Å². The molecule has 1 fully saturated rings. The number of fused-ring (bicyclic) bond motifs is 1. The van der Waals surface area contributed by atoms with Gasteiger partial charge in [0.15, 0.2) is 0 Å². The molecule has 0 radical (unpaired) electrons. The van der Waals surface area contributed by atoms with Gasteiger partial charge in [0.2, 0.25) is 0 Å². The highest BCUT2D eigenvalue weighted by Gasteiger charge is 2.36. The van der Waals surface area contributed by atoms with E-state index in [9.17, 15) is 18.0 Å². The molecule has 0 aliphatic carbocycles. The lowest BCUT2D eigenvalue weighted by Crippen LogP contribution is -2.44. The number of ether oxygens (including phenoxy) is 1. The molecule has 0 saturated carbocycles. The van der Waals surface area contributed by atoms with E-state index in [1.807, 2.05) is 24.3 Å². The smallest absolute Gasteiger partial charge is 0.377 e. The second-order valence-corrected chi connectivity index (χ2v) is 7.22. The molecule has 9 heteroatoms. The molecule has 3 aromatic rings. The lowest BCUT2D eigenvalue weighted by atomic mass is 10.0. The largest absolute Gasteiger partial charge is 0.408 e. The first kappa shape index (κ1) is 19.5. The Labute approximate surface area is 165 Å². The van der Waals surface area contributed by atoms with Gasteiger partial charge in [-0.2, -0.15) is 18.3 Å². The third kappa shape index (κ3) is 3.74. The number of para-hydroxylation sites is 1. The van der Waals surface area contributed by atoms with Crippen LogP contribution in [0.25, 0.3) is 10.9 Å². The second kappa shape index (κ2) is 7.22. The van der Waals surface area contributed by atoms with Crippen molar-refractivity contribution in [3.05, 3.63) is 53.0 Å². The third-order valence-corrected chi connectivity index (χ3v) is 5.25. The van der Waals surface area contributed by atoms with Crippen molar-refractivity contribution < 1.29 is 22.7 Å². The van der Waals surface area contributed by atoms with E-state index in [-0.39, 0.29) is 12.5 Å². The predicted molar refractivity (Wildman–Crippen MR) is 101 cm³/mol. The molecule has 29 heavy (non-hydrogen) atoms. The highest BCUT2D eigenvalue weighted by atomic mass is 19.4. The van der Waals surface area contributed by atoms with Crippen LogP contribution in [0.3, 0.4) is 0 Å². The summed E-state index contributed by atoms with van der Waals surface area (Å²) in [6.45, 7) is 3.03. The Morgan fingerprint density at radius 2 is 2.07 bits per heavy atom. The highest BCUT2D eigenvalue weighted by molar-refractivity contribution is 5.98. The van der Waals surface area contributed by atoms with Gasteiger partial charge in [-0.25, -0.2) is 0 Å². The van der Waals surface area contributed by atoms with Gasteiger partial charge < -0.3 is 14.6 Å². The van der Waals surface area contributed by atoms with Crippen molar-refractivity contribution >= 4 is 16.8 Å². The zero-order valence-electron chi connectivity index (χ0n) is 16.1. The second-order valence-electron chi connectivity index (χ2n) is 7.22. The molecule has 154 valence electrons. The number of rotatable bonds is 3. The molecule has 4 rings (SSSR count). The van der Waals surface area contributed by atoms with Crippen LogP contribution < -0.4 is 0 Å². The molecule has 1 amide bonds. The van der Waals surface area contributed by atoms with Gasteiger partial charge in [-0.15, -0.1) is 0 Å². The lowest BCUT2D eigenvalue weighted by molar-refractivity contribution is -0.143. The first-order valence-electron chi connectivity index (χ1n) is 9.32. The van der Waals surface area contributed by atoms with E-state index in [2.05, 4.69) is 10.1 Å². The summed E-state index contributed by atoms with van der Waals surface area (Å²) in [4.78, 5) is 18.0. The van der Waals surface area contributed by atoms with Gasteiger partial charge in [0.1, 0.15) is 12.2 Å². The zero-order valence-corrected chi connectivity index (χ0v) is 16.1. The molecular weight excluding hydrogens is 385 g/mol. The van der Waals surface area contributed by atoms with Gasteiger partial charge in [-0.3, -0.25) is 9.48 Å². The Bertz CT molecular complexity index is 1020. The van der Waals surface area contributed by atoms with E-state index in [0.717, 1.165) is 15.6 Å². The summed E-state index contributed by atoms with van der Waals surface area (Å²) >= 11 is 0. The van der Waals surface area contributed by atoms with Crippen LogP contribution in [0, 0.1) is 13.8 Å². The monoisotopic (exact) mass is 406 g/mol. The number of morpholine rings is 1. The van der Waals surface area contributed by atoms with Crippen LogP contribution in [-0.2, 0) is 11.3 Å². The number of carbonyl (C=O) groups excluding carboxylic acids is 1. The highest BCUT2D eigenvalue weighted by Crippen LogP contribution is 2.32. The van der Waals surface area contributed by atoms with Crippen LogP contribution in [0.1, 0.15) is 33.5 Å². The number of aryl methyl sites for hydroxylation is 1. The van der Waals surface area contributed by atoms with Crippen molar-refractivity contribution in [1.82, 2.24) is 19.7 Å². The fraction of sp³-hybridized carbons (Fsp3) is 0.400. The molecule has 3 heterocycles. The van der Waals surface area contributed by atoms with E-state index in [0.29, 0.717) is 35.8 Å². The number of hydrogen-bond acceptors (Lipinski definition) is 3. The van der Waals surface area contributed by atoms with Gasteiger partial charge in [-0.1, -0.05) is 18.2 Å². The van der Waals surface area contributed by atoms with Crippen molar-refractivity contribution in [2.45, 2.75) is 32.6 Å². The fourth-order valence-electron chi connectivity index (χ4n) is 3.95. The molecule has 1 N–H and O–H groups in total. The SMILES string of the molecule is Cc1nn(CC(F)(F)F)c(C)c1[C@H]1COCCN1C(=O)c1cc2ccccc2[nH]1. The summed E-state index contributed by atoms with van der Waals surface area (Å²) in [5.74, 6) is -0.211. The molecular formula is C20H21F3N4O2. The number of halogens is 3. The van der Waals surface area contributed by atoms with Gasteiger partial charge in [0.25, 0.3) is 5.91 Å². The Morgan fingerprint density at radius 1 is 1.31 bits per heavy atom. The van der Waals surface area contributed by atoms with E-state index in [1.54, 1.807) is 24.8 Å². The van der Waals surface area contributed by atoms with Gasteiger partial charge in [-0.05, 0) is 26.0 Å². The summed E-state index contributed by atoms with van der Waals surface area (Å²) < 4.78 is 45.2. The number of nitrogens with one attached hydrogen (secondary N) is 1. The van der Waals surface area contributed by atoms with Crippen molar-refractivity contribution in [1.29, 1.82) is 0 Å². The molecule has 2 aromatic heterocycles. The zero-order chi connectivity index (χ0) is 20.8. The molecule has 1 aliphatic rings. The van der Waals surface area contributed by atoms with Crippen LogP contribution in [0.15, 0.2) is 30.3 Å². The molecule has 1 aliphatic heterocycles. The van der Waals surface area contributed by atoms with Gasteiger partial charge >= 0.3 is 6.18 Å². The number of carbonyl (C=O) groups is 1. The van der Waals surface area contributed by atoms with Crippen LogP contribution in [0.5, 0.6) is 0 Å². The summed E-state index contributed by atoms with van der Waals surface area (Å²) in [6.07, 6.45) is -4.37. The quantitative estimate of drug-likeness (QED) is 0.721. The predicted octanol–water partition coefficient (Wildman–Crippen LogP) is 3.76. The number of alkyl halides is 3. The Hall–Kier alpha value is -2.81. The minimum absolute atomic E-state index is 0.211. The number of benzene rings is 1. The molecule has 6 nitrogen and oxygen atoms in total.